The van der Waals surface area contributed by atoms with Crippen molar-refractivity contribution in [1.29, 1.82) is 0 Å². The fourth-order valence-electron chi connectivity index (χ4n) is 3.07. The van der Waals surface area contributed by atoms with Crippen molar-refractivity contribution in [3.8, 4) is 0 Å². The molecule has 2 N–H and O–H groups in total. The summed E-state index contributed by atoms with van der Waals surface area (Å²) in [6.07, 6.45) is 1.89. The second-order valence-corrected chi connectivity index (χ2v) is 8.69. The summed E-state index contributed by atoms with van der Waals surface area (Å²) in [5, 5.41) is 6.22. The van der Waals surface area contributed by atoms with Gasteiger partial charge < -0.3 is 10.6 Å². The van der Waals surface area contributed by atoms with Gasteiger partial charge in [0.1, 0.15) is 5.82 Å². The molecule has 0 amide bonds. The molecule has 1 aromatic rings. The molecule has 0 aliphatic carbocycles. The van der Waals surface area contributed by atoms with E-state index < -0.39 is 15.5 Å². The maximum atomic E-state index is 13.2. The summed E-state index contributed by atoms with van der Waals surface area (Å²) >= 11 is 0. The predicted octanol–water partition coefficient (Wildman–Crippen LogP) is 2.63. The molecule has 1 aliphatic heterocycles. The third kappa shape index (κ3) is 6.84. The van der Waals surface area contributed by atoms with Crippen LogP contribution >= 0.6 is 0 Å². The molecule has 6 nitrogen and oxygen atoms in total. The van der Waals surface area contributed by atoms with Crippen molar-refractivity contribution in [3.63, 3.8) is 0 Å². The first kappa shape index (κ1) is 23.4. The summed E-state index contributed by atoms with van der Waals surface area (Å²) in [5.41, 5.74) is -4.39. The number of rotatable bonds is 7. The van der Waals surface area contributed by atoms with E-state index in [0.29, 0.717) is 36.2 Å². The second kappa shape index (κ2) is 10.2. The van der Waals surface area contributed by atoms with Crippen LogP contribution < -0.4 is 10.6 Å². The molecule has 1 fully saturated rings. The van der Waals surface area contributed by atoms with Crippen LogP contribution in [-0.2, 0) is 16.4 Å². The summed E-state index contributed by atoms with van der Waals surface area (Å²) < 4.78 is 74.5. The van der Waals surface area contributed by atoms with E-state index in [-0.39, 0.29) is 37.8 Å². The molecule has 0 spiro atoms. The Morgan fingerprint density at radius 3 is 2.55 bits per heavy atom. The number of benzene rings is 1. The Hall–Kier alpha value is -1.88. The lowest BCUT2D eigenvalue weighted by molar-refractivity contribution is -0.0494. The van der Waals surface area contributed by atoms with Crippen molar-refractivity contribution in [3.05, 3.63) is 35.6 Å². The van der Waals surface area contributed by atoms with Gasteiger partial charge in [0.2, 0.25) is 0 Å². The zero-order chi connectivity index (χ0) is 21.5. The molecule has 1 heterocycles. The Bertz CT molecular complexity index is 791. The minimum absolute atomic E-state index is 0.171. The van der Waals surface area contributed by atoms with E-state index in [2.05, 4.69) is 15.6 Å². The molecule has 2 rings (SSSR count). The predicted molar refractivity (Wildman–Crippen MR) is 103 cm³/mol. The number of hydrogen-bond donors (Lipinski definition) is 2. The van der Waals surface area contributed by atoms with Gasteiger partial charge in [-0.05, 0) is 50.3 Å². The van der Waals surface area contributed by atoms with E-state index in [1.807, 2.05) is 13.0 Å². The van der Waals surface area contributed by atoms with Crippen molar-refractivity contribution >= 4 is 16.0 Å². The molecule has 29 heavy (non-hydrogen) atoms. The van der Waals surface area contributed by atoms with E-state index in [4.69, 9.17) is 0 Å². The van der Waals surface area contributed by atoms with Crippen molar-refractivity contribution in [2.75, 3.05) is 26.2 Å². The molecule has 11 heteroatoms. The molecule has 0 aromatic heterocycles. The summed E-state index contributed by atoms with van der Waals surface area (Å²) in [6.45, 7) is 2.60. The minimum Gasteiger partial charge on any atom is -0.357 e. The average Bonchev–Trinajstić information content (AvgIpc) is 2.65. The zero-order valence-corrected chi connectivity index (χ0v) is 17.0. The second-order valence-electron chi connectivity index (χ2n) is 6.76. The lowest BCUT2D eigenvalue weighted by Crippen LogP contribution is -2.51. The largest absolute Gasteiger partial charge is 0.511 e. The average molecular weight is 438 g/mol. The summed E-state index contributed by atoms with van der Waals surface area (Å²) in [7, 11) is -5.28. The topological polar surface area (TPSA) is 73.8 Å². The van der Waals surface area contributed by atoms with Gasteiger partial charge in [-0.1, -0.05) is 12.1 Å². The number of sulfonamides is 1. The lowest BCUT2D eigenvalue weighted by atomic mass is 10.1. The third-order valence-corrected chi connectivity index (χ3v) is 6.18. The van der Waals surface area contributed by atoms with Crippen molar-refractivity contribution in [1.82, 2.24) is 14.9 Å². The maximum absolute atomic E-state index is 13.2. The minimum atomic E-state index is -5.28. The molecular weight excluding hydrogens is 412 g/mol. The van der Waals surface area contributed by atoms with Gasteiger partial charge in [0, 0.05) is 32.2 Å². The molecule has 0 unspecified atom stereocenters. The first-order valence-corrected chi connectivity index (χ1v) is 10.9. The van der Waals surface area contributed by atoms with Gasteiger partial charge in [0.15, 0.2) is 5.96 Å². The van der Waals surface area contributed by atoms with Gasteiger partial charge in [-0.2, -0.15) is 17.5 Å². The number of alkyl halides is 3. The quantitative estimate of drug-likeness (QED) is 0.297. The number of guanidine groups is 1. The summed E-state index contributed by atoms with van der Waals surface area (Å²) in [5.74, 6) is 0.253. The standard InChI is InChI=1S/C18H26F4N4O2S/c1-2-23-17(24-10-4-6-14-5-3-7-15(19)13-14)25-16-8-11-26(12-9-16)29(27,28)18(20,21)22/h3,5,7,13,16H,2,4,6,8-12H2,1H3,(H2,23,24,25). The molecule has 0 saturated carbocycles. The Labute approximate surface area is 168 Å². The smallest absolute Gasteiger partial charge is 0.357 e. The first-order valence-electron chi connectivity index (χ1n) is 9.49. The van der Waals surface area contributed by atoms with Crippen LogP contribution in [0.25, 0.3) is 0 Å². The molecule has 1 aliphatic rings. The van der Waals surface area contributed by atoms with Crippen LogP contribution in [0, 0.1) is 5.82 Å². The maximum Gasteiger partial charge on any atom is 0.511 e. The van der Waals surface area contributed by atoms with Gasteiger partial charge in [0.05, 0.1) is 0 Å². The number of halogens is 4. The molecule has 1 aromatic carbocycles. The first-order chi connectivity index (χ1) is 13.6. The molecular formula is C18H26F4N4O2S. The lowest BCUT2D eigenvalue weighted by Gasteiger charge is -2.32. The molecule has 1 saturated heterocycles. The van der Waals surface area contributed by atoms with Crippen LogP contribution in [0.1, 0.15) is 31.7 Å². The van der Waals surface area contributed by atoms with Gasteiger partial charge in [-0.15, -0.1) is 0 Å². The van der Waals surface area contributed by atoms with Gasteiger partial charge in [-0.3, -0.25) is 4.99 Å². The van der Waals surface area contributed by atoms with E-state index in [0.717, 1.165) is 5.56 Å². The van der Waals surface area contributed by atoms with E-state index in [1.54, 1.807) is 6.07 Å². The van der Waals surface area contributed by atoms with E-state index in [9.17, 15) is 26.0 Å². The molecule has 0 radical (unpaired) electrons. The van der Waals surface area contributed by atoms with Crippen LogP contribution in [0.5, 0.6) is 0 Å². The van der Waals surface area contributed by atoms with Crippen molar-refractivity contribution in [2.24, 2.45) is 4.99 Å². The highest BCUT2D eigenvalue weighted by molar-refractivity contribution is 7.90. The molecule has 0 bridgehead atoms. The van der Waals surface area contributed by atoms with Crippen molar-refractivity contribution in [2.45, 2.75) is 44.2 Å². The highest BCUT2D eigenvalue weighted by atomic mass is 32.2. The molecule has 0 atom stereocenters. The Balaban J connectivity index is 1.83. The zero-order valence-electron chi connectivity index (χ0n) is 16.2. The van der Waals surface area contributed by atoms with Crippen LogP contribution in [0.2, 0.25) is 0 Å². The highest BCUT2D eigenvalue weighted by Crippen LogP contribution is 2.28. The van der Waals surface area contributed by atoms with E-state index in [1.165, 1.54) is 12.1 Å². The number of aliphatic imine (C=N–C) groups is 1. The number of aryl methyl sites for hydroxylation is 1. The summed E-state index contributed by atoms with van der Waals surface area (Å²) in [6, 6.07) is 6.20. The van der Waals surface area contributed by atoms with Gasteiger partial charge >= 0.3 is 15.5 Å². The molecule has 164 valence electrons. The number of nitrogens with zero attached hydrogens (tertiary/aromatic N) is 2. The van der Waals surface area contributed by atoms with Crippen LogP contribution in [0.3, 0.4) is 0 Å². The highest BCUT2D eigenvalue weighted by Gasteiger charge is 2.50. The Morgan fingerprint density at radius 2 is 1.97 bits per heavy atom. The van der Waals surface area contributed by atoms with Crippen LogP contribution in [0.4, 0.5) is 17.6 Å². The SMILES string of the molecule is CCNC(=NCCCc1cccc(F)c1)NC1CCN(S(=O)(=O)C(F)(F)F)CC1. The fraction of sp³-hybridized carbons (Fsp3) is 0.611. The van der Waals surface area contributed by atoms with Crippen LogP contribution in [-0.4, -0.2) is 56.4 Å². The number of hydrogen-bond acceptors (Lipinski definition) is 3. The van der Waals surface area contributed by atoms with Crippen LogP contribution in [0.15, 0.2) is 29.3 Å². The monoisotopic (exact) mass is 438 g/mol. The summed E-state index contributed by atoms with van der Waals surface area (Å²) in [4.78, 5) is 4.44. The van der Waals surface area contributed by atoms with Crippen molar-refractivity contribution < 1.29 is 26.0 Å². The third-order valence-electron chi connectivity index (χ3n) is 4.55. The number of nitrogens with one attached hydrogen (secondary N) is 2. The Morgan fingerprint density at radius 1 is 1.28 bits per heavy atom. The van der Waals surface area contributed by atoms with E-state index >= 15 is 0 Å². The fourth-order valence-corrected chi connectivity index (χ4v) is 4.05. The Kier molecular flexibility index (Phi) is 8.26. The van der Waals surface area contributed by atoms with Gasteiger partial charge in [-0.25, -0.2) is 12.8 Å². The number of piperidine rings is 1. The normalized spacial score (nSPS) is 17.3. The van der Waals surface area contributed by atoms with Gasteiger partial charge in [0.25, 0.3) is 0 Å².